The monoisotopic (exact) mass is 436 g/mol. The molecule has 31 heavy (non-hydrogen) atoms. The summed E-state index contributed by atoms with van der Waals surface area (Å²) in [5, 5.41) is 16.6. The van der Waals surface area contributed by atoms with Crippen LogP contribution in [0.5, 0.6) is 5.75 Å². The summed E-state index contributed by atoms with van der Waals surface area (Å²) < 4.78 is 10.6. The Morgan fingerprint density at radius 3 is 2.61 bits per heavy atom. The van der Waals surface area contributed by atoms with E-state index in [2.05, 4.69) is 10.6 Å². The molecule has 1 aliphatic rings. The number of non-ortho nitro benzene ring substituents is 1. The number of benzene rings is 1. The highest BCUT2D eigenvalue weighted by molar-refractivity contribution is 5.94. The number of anilines is 1. The molecule has 1 aromatic carbocycles. The van der Waals surface area contributed by atoms with Crippen molar-refractivity contribution >= 4 is 23.2 Å². The molecule has 10 nitrogen and oxygen atoms in total. The molecular formula is C21H32N4O6. The van der Waals surface area contributed by atoms with E-state index in [1.807, 2.05) is 18.7 Å². The molecule has 0 bridgehead atoms. The van der Waals surface area contributed by atoms with Gasteiger partial charge in [-0.05, 0) is 52.3 Å². The first-order valence-corrected chi connectivity index (χ1v) is 10.5. The quantitative estimate of drug-likeness (QED) is 0.310. The largest absolute Gasteiger partial charge is 0.494 e. The number of carbonyl (C=O) groups is 2. The number of amides is 2. The molecule has 0 atom stereocenters. The van der Waals surface area contributed by atoms with Crippen LogP contribution in [0.1, 0.15) is 33.1 Å². The summed E-state index contributed by atoms with van der Waals surface area (Å²) in [6, 6.07) is 4.05. The van der Waals surface area contributed by atoms with Crippen molar-refractivity contribution in [3.63, 3.8) is 0 Å². The number of rotatable bonds is 11. The van der Waals surface area contributed by atoms with Crippen molar-refractivity contribution < 1.29 is 24.0 Å². The van der Waals surface area contributed by atoms with Crippen molar-refractivity contribution in [3.8, 4) is 5.75 Å². The van der Waals surface area contributed by atoms with E-state index >= 15 is 0 Å². The molecule has 172 valence electrons. The first kappa shape index (κ1) is 24.5. The zero-order chi connectivity index (χ0) is 22.8. The lowest BCUT2D eigenvalue weighted by Gasteiger charge is -2.30. The first-order chi connectivity index (χ1) is 14.8. The van der Waals surface area contributed by atoms with Crippen molar-refractivity contribution in [2.75, 3.05) is 45.2 Å². The van der Waals surface area contributed by atoms with Gasteiger partial charge >= 0.3 is 0 Å². The number of hydrogen-bond donors (Lipinski definition) is 2. The molecule has 0 spiro atoms. The maximum Gasteiger partial charge on any atom is 0.273 e. The molecule has 0 aromatic heterocycles. The topological polar surface area (TPSA) is 123 Å². The van der Waals surface area contributed by atoms with Gasteiger partial charge in [0.05, 0.1) is 36.4 Å². The van der Waals surface area contributed by atoms with Gasteiger partial charge in [-0.15, -0.1) is 0 Å². The number of carbonyl (C=O) groups excluding carboxylic acids is 2. The van der Waals surface area contributed by atoms with E-state index in [0.29, 0.717) is 44.8 Å². The van der Waals surface area contributed by atoms with Gasteiger partial charge in [-0.1, -0.05) is 0 Å². The maximum atomic E-state index is 12.4. The molecular weight excluding hydrogens is 404 g/mol. The fourth-order valence-corrected chi connectivity index (χ4v) is 3.39. The van der Waals surface area contributed by atoms with Crippen LogP contribution < -0.4 is 15.4 Å². The highest BCUT2D eigenvalue weighted by Crippen LogP contribution is 2.29. The third-order valence-electron chi connectivity index (χ3n) is 5.07. The number of nitro benzene ring substituents is 1. The molecule has 1 heterocycles. The Balaban J connectivity index is 1.73. The maximum absolute atomic E-state index is 12.4. The number of methoxy groups -OCH3 is 1. The zero-order valence-electron chi connectivity index (χ0n) is 18.4. The van der Waals surface area contributed by atoms with Crippen LogP contribution in [0.3, 0.4) is 0 Å². The molecule has 1 fully saturated rings. The zero-order valence-corrected chi connectivity index (χ0v) is 18.4. The third-order valence-corrected chi connectivity index (χ3v) is 5.07. The normalized spacial score (nSPS) is 15.0. The summed E-state index contributed by atoms with van der Waals surface area (Å²) in [7, 11) is 1.39. The van der Waals surface area contributed by atoms with E-state index < -0.39 is 4.92 Å². The molecule has 10 heteroatoms. The van der Waals surface area contributed by atoms with Gasteiger partial charge in [0.25, 0.3) is 5.69 Å². The molecule has 2 rings (SSSR count). The van der Waals surface area contributed by atoms with Gasteiger partial charge in [-0.25, -0.2) is 0 Å². The Hall–Kier alpha value is -2.72. The fraction of sp³-hybridized carbons (Fsp3) is 0.619. The smallest absolute Gasteiger partial charge is 0.273 e. The van der Waals surface area contributed by atoms with E-state index in [0.717, 1.165) is 6.42 Å². The molecule has 1 saturated heterocycles. The van der Waals surface area contributed by atoms with Crippen molar-refractivity contribution in [2.45, 2.75) is 39.2 Å². The van der Waals surface area contributed by atoms with Crippen LogP contribution in [0.15, 0.2) is 18.2 Å². The van der Waals surface area contributed by atoms with Gasteiger partial charge in [-0.2, -0.15) is 0 Å². The SMILES string of the molecule is COc1cc([N+](=O)[O-])ccc1NC(=O)CN1CCC(C(=O)NCCCOC(C)C)CC1. The lowest BCUT2D eigenvalue weighted by atomic mass is 9.96. The molecule has 0 radical (unpaired) electrons. The van der Waals surface area contributed by atoms with E-state index in [1.165, 1.54) is 25.3 Å². The number of nitro groups is 1. The van der Waals surface area contributed by atoms with Gasteiger partial charge < -0.3 is 20.1 Å². The van der Waals surface area contributed by atoms with Crippen LogP contribution in [0.4, 0.5) is 11.4 Å². The minimum atomic E-state index is -0.520. The van der Waals surface area contributed by atoms with Gasteiger partial charge in [0.1, 0.15) is 5.75 Å². The van der Waals surface area contributed by atoms with E-state index in [9.17, 15) is 19.7 Å². The molecule has 2 amide bonds. The predicted octanol–water partition coefficient (Wildman–Crippen LogP) is 2.19. The Morgan fingerprint density at radius 2 is 2.00 bits per heavy atom. The number of hydrogen-bond acceptors (Lipinski definition) is 7. The van der Waals surface area contributed by atoms with Crippen molar-refractivity contribution in [1.29, 1.82) is 0 Å². The van der Waals surface area contributed by atoms with E-state index in [-0.39, 0.29) is 41.8 Å². The Morgan fingerprint density at radius 1 is 1.29 bits per heavy atom. The summed E-state index contributed by atoms with van der Waals surface area (Å²) in [5.41, 5.74) is 0.274. The number of nitrogens with zero attached hydrogens (tertiary/aromatic N) is 2. The number of nitrogens with one attached hydrogen (secondary N) is 2. The summed E-state index contributed by atoms with van der Waals surface area (Å²) >= 11 is 0. The summed E-state index contributed by atoms with van der Waals surface area (Å²) in [6.45, 7) is 6.68. The lowest BCUT2D eigenvalue weighted by molar-refractivity contribution is -0.384. The number of piperidine rings is 1. The van der Waals surface area contributed by atoms with E-state index in [4.69, 9.17) is 9.47 Å². The van der Waals surface area contributed by atoms with Crippen LogP contribution >= 0.6 is 0 Å². The summed E-state index contributed by atoms with van der Waals surface area (Å²) in [4.78, 5) is 37.0. The molecule has 0 saturated carbocycles. The second-order valence-electron chi connectivity index (χ2n) is 7.80. The van der Waals surface area contributed by atoms with Crippen molar-refractivity contribution in [2.24, 2.45) is 5.92 Å². The molecule has 1 aliphatic heterocycles. The summed E-state index contributed by atoms with van der Waals surface area (Å²) in [6.07, 6.45) is 2.37. The van der Waals surface area contributed by atoms with Crippen molar-refractivity contribution in [3.05, 3.63) is 28.3 Å². The average molecular weight is 437 g/mol. The fourth-order valence-electron chi connectivity index (χ4n) is 3.39. The highest BCUT2D eigenvalue weighted by atomic mass is 16.6. The summed E-state index contributed by atoms with van der Waals surface area (Å²) in [5.74, 6) is 0.0151. The number of likely N-dealkylation sites (tertiary alicyclic amines) is 1. The van der Waals surface area contributed by atoms with Crippen LogP contribution in [0, 0.1) is 16.0 Å². The van der Waals surface area contributed by atoms with Crippen LogP contribution in [-0.4, -0.2) is 67.6 Å². The number of ether oxygens (including phenoxy) is 2. The van der Waals surface area contributed by atoms with E-state index in [1.54, 1.807) is 0 Å². The third kappa shape index (κ3) is 8.14. The minimum Gasteiger partial charge on any atom is -0.494 e. The van der Waals surface area contributed by atoms with Gasteiger partial charge in [0, 0.05) is 25.1 Å². The average Bonchev–Trinajstić information content (AvgIpc) is 2.73. The Labute approximate surface area is 182 Å². The van der Waals surface area contributed by atoms with Crippen LogP contribution in [0.2, 0.25) is 0 Å². The van der Waals surface area contributed by atoms with Gasteiger partial charge in [0.2, 0.25) is 11.8 Å². The second-order valence-corrected chi connectivity index (χ2v) is 7.80. The second kappa shape index (κ2) is 12.2. The molecule has 0 unspecified atom stereocenters. The highest BCUT2D eigenvalue weighted by Gasteiger charge is 2.26. The Kier molecular flexibility index (Phi) is 9.67. The van der Waals surface area contributed by atoms with Gasteiger partial charge in [0.15, 0.2) is 0 Å². The van der Waals surface area contributed by atoms with Gasteiger partial charge in [-0.3, -0.25) is 24.6 Å². The molecule has 1 aromatic rings. The predicted molar refractivity (Wildman–Crippen MR) is 116 cm³/mol. The molecule has 0 aliphatic carbocycles. The van der Waals surface area contributed by atoms with Crippen LogP contribution in [-0.2, 0) is 14.3 Å². The Bertz CT molecular complexity index is 762. The van der Waals surface area contributed by atoms with Crippen molar-refractivity contribution in [1.82, 2.24) is 10.2 Å². The lowest BCUT2D eigenvalue weighted by Crippen LogP contribution is -2.43. The van der Waals surface area contributed by atoms with Crippen LogP contribution in [0.25, 0.3) is 0 Å². The molecule has 2 N–H and O–H groups in total. The minimum absolute atomic E-state index is 0.0416. The first-order valence-electron chi connectivity index (χ1n) is 10.5. The standard InChI is InChI=1S/C21H32N4O6/c1-15(2)31-12-4-9-22-21(27)16-7-10-24(11-8-16)14-20(26)23-18-6-5-17(25(28)29)13-19(18)30-3/h5-6,13,15-16H,4,7-12,14H2,1-3H3,(H,22,27)(H,23,26).